The first kappa shape index (κ1) is 14.9. The average Bonchev–Trinajstić information content (AvgIpc) is 2.26. The Kier molecular flexibility index (Phi) is 9.12. The predicted octanol–water partition coefficient (Wildman–Crippen LogP) is 2.74. The van der Waals surface area contributed by atoms with Crippen molar-refractivity contribution in [3.63, 3.8) is 0 Å². The molecule has 15 heavy (non-hydrogen) atoms. The van der Waals surface area contributed by atoms with Crippen molar-refractivity contribution in [1.82, 2.24) is 10.2 Å². The molecule has 2 heteroatoms. The second-order valence-corrected chi connectivity index (χ2v) is 4.44. The molecule has 0 radical (unpaired) electrons. The van der Waals surface area contributed by atoms with Crippen molar-refractivity contribution in [2.45, 2.75) is 53.5 Å². The molecule has 0 aromatic rings. The van der Waals surface area contributed by atoms with E-state index >= 15 is 0 Å². The van der Waals surface area contributed by atoms with Gasteiger partial charge in [-0.25, -0.2) is 0 Å². The minimum absolute atomic E-state index is 0.659. The van der Waals surface area contributed by atoms with Crippen LogP contribution < -0.4 is 5.32 Å². The fraction of sp³-hybridized carbons (Fsp3) is 1.00. The molecule has 0 bridgehead atoms. The van der Waals surface area contributed by atoms with Crippen molar-refractivity contribution in [2.75, 3.05) is 26.2 Å². The van der Waals surface area contributed by atoms with E-state index in [0.29, 0.717) is 6.04 Å². The molecule has 0 aromatic carbocycles. The van der Waals surface area contributed by atoms with Crippen molar-refractivity contribution < 1.29 is 0 Å². The highest BCUT2D eigenvalue weighted by atomic mass is 15.1. The number of likely N-dealkylation sites (N-methyl/N-ethyl adjacent to an activating group) is 2. The lowest BCUT2D eigenvalue weighted by molar-refractivity contribution is 0.220. The summed E-state index contributed by atoms with van der Waals surface area (Å²) < 4.78 is 0. The second kappa shape index (κ2) is 9.17. The minimum Gasteiger partial charge on any atom is -0.313 e. The number of rotatable bonds is 9. The van der Waals surface area contributed by atoms with Crippen molar-refractivity contribution in [3.8, 4) is 0 Å². The SMILES string of the molecule is CCCN(CC)CC(NCC)C(C)CC. The Hall–Kier alpha value is -0.0800. The van der Waals surface area contributed by atoms with Crippen molar-refractivity contribution >= 4 is 0 Å². The molecule has 0 saturated carbocycles. The Morgan fingerprint density at radius 1 is 1.13 bits per heavy atom. The van der Waals surface area contributed by atoms with Crippen LogP contribution in [0.1, 0.15) is 47.5 Å². The van der Waals surface area contributed by atoms with Crippen molar-refractivity contribution in [3.05, 3.63) is 0 Å². The third kappa shape index (κ3) is 6.16. The molecule has 2 atom stereocenters. The van der Waals surface area contributed by atoms with Gasteiger partial charge in [0.25, 0.3) is 0 Å². The van der Waals surface area contributed by atoms with Crippen LogP contribution in [0.4, 0.5) is 0 Å². The van der Waals surface area contributed by atoms with Gasteiger partial charge in [-0.2, -0.15) is 0 Å². The van der Waals surface area contributed by atoms with E-state index < -0.39 is 0 Å². The molecule has 2 unspecified atom stereocenters. The topological polar surface area (TPSA) is 15.3 Å². The standard InChI is InChI=1S/C13H30N2/c1-6-10-15(9-4)11-13(14-8-3)12(5)7-2/h12-14H,6-11H2,1-5H3. The summed E-state index contributed by atoms with van der Waals surface area (Å²) in [6.07, 6.45) is 2.52. The Bertz CT molecular complexity index is 136. The number of hydrogen-bond acceptors (Lipinski definition) is 2. The van der Waals surface area contributed by atoms with Crippen LogP contribution in [-0.4, -0.2) is 37.1 Å². The fourth-order valence-corrected chi connectivity index (χ4v) is 1.97. The van der Waals surface area contributed by atoms with Gasteiger partial charge >= 0.3 is 0 Å². The first-order valence-electron chi connectivity index (χ1n) is 6.65. The summed E-state index contributed by atoms with van der Waals surface area (Å²) in [6, 6.07) is 0.659. The van der Waals surface area contributed by atoms with Crippen LogP contribution in [0.3, 0.4) is 0 Å². The third-order valence-electron chi connectivity index (χ3n) is 3.24. The molecule has 0 aromatic heterocycles. The van der Waals surface area contributed by atoms with E-state index in [0.717, 1.165) is 12.5 Å². The molecule has 0 aliphatic rings. The van der Waals surface area contributed by atoms with Gasteiger partial charge < -0.3 is 10.2 Å². The average molecular weight is 214 g/mol. The van der Waals surface area contributed by atoms with Crippen LogP contribution in [0.5, 0.6) is 0 Å². The van der Waals surface area contributed by atoms with Crippen molar-refractivity contribution in [1.29, 1.82) is 0 Å². The normalized spacial score (nSPS) is 15.6. The molecule has 0 aliphatic heterocycles. The van der Waals surface area contributed by atoms with E-state index in [2.05, 4.69) is 44.8 Å². The van der Waals surface area contributed by atoms with E-state index in [4.69, 9.17) is 0 Å². The number of nitrogens with zero attached hydrogens (tertiary/aromatic N) is 1. The third-order valence-corrected chi connectivity index (χ3v) is 3.24. The Morgan fingerprint density at radius 3 is 2.20 bits per heavy atom. The summed E-state index contributed by atoms with van der Waals surface area (Å²) in [5.74, 6) is 0.774. The lowest BCUT2D eigenvalue weighted by atomic mass is 9.98. The zero-order chi connectivity index (χ0) is 11.7. The molecular formula is C13H30N2. The monoisotopic (exact) mass is 214 g/mol. The summed E-state index contributed by atoms with van der Waals surface area (Å²) in [4.78, 5) is 2.56. The molecule has 0 heterocycles. The van der Waals surface area contributed by atoms with Crippen LogP contribution >= 0.6 is 0 Å². The van der Waals surface area contributed by atoms with Crippen LogP contribution in [0.25, 0.3) is 0 Å². The van der Waals surface area contributed by atoms with Gasteiger partial charge in [0.2, 0.25) is 0 Å². The second-order valence-electron chi connectivity index (χ2n) is 4.44. The maximum Gasteiger partial charge on any atom is 0.0220 e. The zero-order valence-corrected chi connectivity index (χ0v) is 11.3. The first-order valence-corrected chi connectivity index (χ1v) is 6.65. The van der Waals surface area contributed by atoms with E-state index in [-0.39, 0.29) is 0 Å². The smallest absolute Gasteiger partial charge is 0.0220 e. The quantitative estimate of drug-likeness (QED) is 0.635. The lowest BCUT2D eigenvalue weighted by Crippen LogP contribution is -2.45. The van der Waals surface area contributed by atoms with Gasteiger partial charge in [0.15, 0.2) is 0 Å². The van der Waals surface area contributed by atoms with Crippen LogP contribution in [-0.2, 0) is 0 Å². The maximum atomic E-state index is 3.61. The predicted molar refractivity (Wildman–Crippen MR) is 69.3 cm³/mol. The summed E-state index contributed by atoms with van der Waals surface area (Å²) in [5, 5.41) is 3.61. The summed E-state index contributed by atoms with van der Waals surface area (Å²) in [7, 11) is 0. The molecule has 0 amide bonds. The zero-order valence-electron chi connectivity index (χ0n) is 11.3. The lowest BCUT2D eigenvalue weighted by Gasteiger charge is -2.30. The highest BCUT2D eigenvalue weighted by molar-refractivity contribution is 4.76. The highest BCUT2D eigenvalue weighted by Gasteiger charge is 2.16. The molecule has 92 valence electrons. The Labute approximate surface area is 96.4 Å². The largest absolute Gasteiger partial charge is 0.313 e. The summed E-state index contributed by atoms with van der Waals surface area (Å²) in [6.45, 7) is 16.0. The van der Waals surface area contributed by atoms with Gasteiger partial charge in [-0.15, -0.1) is 0 Å². The molecule has 0 aliphatic carbocycles. The van der Waals surface area contributed by atoms with Gasteiger partial charge in [-0.3, -0.25) is 0 Å². The Balaban J connectivity index is 4.10. The molecule has 0 fully saturated rings. The van der Waals surface area contributed by atoms with Gasteiger partial charge in [0, 0.05) is 12.6 Å². The van der Waals surface area contributed by atoms with Gasteiger partial charge in [0.1, 0.15) is 0 Å². The van der Waals surface area contributed by atoms with Gasteiger partial charge in [-0.05, 0) is 32.0 Å². The molecule has 0 rings (SSSR count). The van der Waals surface area contributed by atoms with Crippen LogP contribution in [0, 0.1) is 5.92 Å². The first-order chi connectivity index (χ1) is 7.19. The highest BCUT2D eigenvalue weighted by Crippen LogP contribution is 2.09. The Morgan fingerprint density at radius 2 is 1.80 bits per heavy atom. The van der Waals surface area contributed by atoms with Gasteiger partial charge in [0.05, 0.1) is 0 Å². The number of hydrogen-bond donors (Lipinski definition) is 1. The van der Waals surface area contributed by atoms with E-state index in [1.807, 2.05) is 0 Å². The number of nitrogens with one attached hydrogen (secondary N) is 1. The van der Waals surface area contributed by atoms with Crippen LogP contribution in [0.15, 0.2) is 0 Å². The van der Waals surface area contributed by atoms with Crippen molar-refractivity contribution in [2.24, 2.45) is 5.92 Å². The van der Waals surface area contributed by atoms with E-state index in [9.17, 15) is 0 Å². The maximum absolute atomic E-state index is 3.61. The molecule has 2 nitrogen and oxygen atoms in total. The summed E-state index contributed by atoms with van der Waals surface area (Å²) >= 11 is 0. The fourth-order valence-electron chi connectivity index (χ4n) is 1.97. The molecule has 0 saturated heterocycles. The van der Waals surface area contributed by atoms with E-state index in [1.165, 1.54) is 32.5 Å². The molecule has 1 N–H and O–H groups in total. The molecular weight excluding hydrogens is 184 g/mol. The van der Waals surface area contributed by atoms with Crippen LogP contribution in [0.2, 0.25) is 0 Å². The molecule has 0 spiro atoms. The minimum atomic E-state index is 0.659. The van der Waals surface area contributed by atoms with E-state index in [1.54, 1.807) is 0 Å². The summed E-state index contributed by atoms with van der Waals surface area (Å²) in [5.41, 5.74) is 0. The van der Waals surface area contributed by atoms with Gasteiger partial charge in [-0.1, -0.05) is 41.0 Å².